The first-order valence-corrected chi connectivity index (χ1v) is 11.7. The molecule has 7 nitrogen and oxygen atoms in total. The molecule has 1 aliphatic heterocycles. The van der Waals surface area contributed by atoms with Crippen LogP contribution in [0.2, 0.25) is 0 Å². The molecule has 0 spiro atoms. The fourth-order valence-electron chi connectivity index (χ4n) is 4.33. The molecular weight excluding hydrogens is 464 g/mol. The van der Waals surface area contributed by atoms with Crippen LogP contribution in [0, 0.1) is 6.92 Å². The first-order chi connectivity index (χ1) is 16.9. The van der Waals surface area contributed by atoms with E-state index in [1.54, 1.807) is 48.5 Å². The van der Waals surface area contributed by atoms with Gasteiger partial charge in [-0.1, -0.05) is 59.9 Å². The van der Waals surface area contributed by atoms with Crippen molar-refractivity contribution >= 4 is 44.1 Å². The van der Waals surface area contributed by atoms with Gasteiger partial charge in [0.25, 0.3) is 5.78 Å². The summed E-state index contributed by atoms with van der Waals surface area (Å²) in [5.74, 6) is -1.03. The molecule has 0 unspecified atom stereocenters. The number of amides is 1. The Bertz CT molecular complexity index is 1490. The number of carbonyl (C=O) groups excluding carboxylic acids is 2. The molecule has 35 heavy (non-hydrogen) atoms. The van der Waals surface area contributed by atoms with E-state index in [-0.39, 0.29) is 11.3 Å². The number of thiazole rings is 1. The average Bonchev–Trinajstić information content (AvgIpc) is 3.41. The Morgan fingerprint density at radius 2 is 1.77 bits per heavy atom. The molecule has 0 saturated carbocycles. The monoisotopic (exact) mass is 486 g/mol. The predicted octanol–water partition coefficient (Wildman–Crippen LogP) is 5.25. The molecule has 1 N–H and O–H groups in total. The SMILES string of the molecule is COc1cccc([C@H]2C(=C(O)c3ccccc3)C(=O)C(=O)N2c2nc3ccc(C)cc3s2)c1OC. The molecule has 1 aromatic heterocycles. The Kier molecular flexibility index (Phi) is 5.74. The highest BCUT2D eigenvalue weighted by molar-refractivity contribution is 7.22. The van der Waals surface area contributed by atoms with Gasteiger partial charge in [-0.2, -0.15) is 0 Å². The highest BCUT2D eigenvalue weighted by Crippen LogP contribution is 2.48. The van der Waals surface area contributed by atoms with E-state index in [1.165, 1.54) is 30.5 Å². The fourth-order valence-corrected chi connectivity index (χ4v) is 5.42. The maximum absolute atomic E-state index is 13.5. The quantitative estimate of drug-likeness (QED) is 0.236. The van der Waals surface area contributed by atoms with Gasteiger partial charge in [0.2, 0.25) is 0 Å². The first-order valence-electron chi connectivity index (χ1n) is 10.9. The molecule has 176 valence electrons. The van der Waals surface area contributed by atoms with Crippen LogP contribution in [0.4, 0.5) is 5.13 Å². The van der Waals surface area contributed by atoms with Crippen LogP contribution in [0.15, 0.2) is 72.3 Å². The third-order valence-electron chi connectivity index (χ3n) is 5.96. The second-order valence-corrected chi connectivity index (χ2v) is 9.09. The minimum atomic E-state index is -0.970. The van der Waals surface area contributed by atoms with Gasteiger partial charge in [0, 0.05) is 11.1 Å². The Morgan fingerprint density at radius 3 is 2.49 bits per heavy atom. The molecular formula is C27H22N2O5S. The summed E-state index contributed by atoms with van der Waals surface area (Å²) in [5, 5.41) is 11.6. The number of hydrogen-bond acceptors (Lipinski definition) is 7. The van der Waals surface area contributed by atoms with Crippen LogP contribution in [-0.2, 0) is 9.59 Å². The Labute approximate surface area is 205 Å². The molecule has 0 bridgehead atoms. The lowest BCUT2D eigenvalue weighted by atomic mass is 9.94. The second kappa shape index (κ2) is 8.88. The third kappa shape index (κ3) is 3.72. The lowest BCUT2D eigenvalue weighted by molar-refractivity contribution is -0.132. The summed E-state index contributed by atoms with van der Waals surface area (Å²) in [5.41, 5.74) is 2.67. The van der Waals surface area contributed by atoms with Crippen molar-refractivity contribution in [2.24, 2.45) is 0 Å². The molecule has 1 aliphatic rings. The van der Waals surface area contributed by atoms with Crippen LogP contribution >= 0.6 is 11.3 Å². The minimum absolute atomic E-state index is 0.0387. The van der Waals surface area contributed by atoms with Gasteiger partial charge in [-0.3, -0.25) is 14.5 Å². The highest BCUT2D eigenvalue weighted by atomic mass is 32.1. The number of aromatic nitrogens is 1. The van der Waals surface area contributed by atoms with Crippen molar-refractivity contribution in [3.05, 3.63) is 89.0 Å². The summed E-state index contributed by atoms with van der Waals surface area (Å²) in [4.78, 5) is 32.9. The number of hydrogen-bond donors (Lipinski definition) is 1. The molecule has 1 atom stereocenters. The Hall–Kier alpha value is -4.17. The molecule has 1 saturated heterocycles. The number of para-hydroxylation sites is 1. The van der Waals surface area contributed by atoms with E-state index in [2.05, 4.69) is 4.98 Å². The summed E-state index contributed by atoms with van der Waals surface area (Å²) >= 11 is 1.31. The number of ether oxygens (including phenoxy) is 2. The van der Waals surface area contributed by atoms with Crippen molar-refractivity contribution in [2.45, 2.75) is 13.0 Å². The maximum atomic E-state index is 13.5. The normalized spacial score (nSPS) is 17.2. The number of ketones is 1. The second-order valence-electron chi connectivity index (χ2n) is 8.09. The van der Waals surface area contributed by atoms with Crippen LogP contribution in [0.25, 0.3) is 16.0 Å². The topological polar surface area (TPSA) is 89.0 Å². The number of methoxy groups -OCH3 is 2. The zero-order chi connectivity index (χ0) is 24.7. The van der Waals surface area contributed by atoms with Crippen molar-refractivity contribution in [1.82, 2.24) is 4.98 Å². The summed E-state index contributed by atoms with van der Waals surface area (Å²) in [6, 6.07) is 18.7. The lowest BCUT2D eigenvalue weighted by Gasteiger charge is -2.25. The van der Waals surface area contributed by atoms with E-state index < -0.39 is 17.7 Å². The first kappa shape index (κ1) is 22.6. The van der Waals surface area contributed by atoms with E-state index in [1.807, 2.05) is 25.1 Å². The van der Waals surface area contributed by atoms with Gasteiger partial charge in [-0.15, -0.1) is 0 Å². The van der Waals surface area contributed by atoms with Crippen molar-refractivity contribution in [3.63, 3.8) is 0 Å². The van der Waals surface area contributed by atoms with E-state index in [0.29, 0.717) is 27.8 Å². The highest BCUT2D eigenvalue weighted by Gasteiger charge is 2.49. The predicted molar refractivity (Wildman–Crippen MR) is 135 cm³/mol. The number of aliphatic hydroxyl groups is 1. The largest absolute Gasteiger partial charge is 0.507 e. The number of nitrogens with zero attached hydrogens (tertiary/aromatic N) is 2. The fraction of sp³-hybridized carbons (Fsp3) is 0.148. The standard InChI is InChI=1S/C27H22N2O5S/c1-15-12-13-18-20(14-15)35-27(28-18)29-22(17-10-7-11-19(33-2)25(17)34-3)21(24(31)26(29)32)23(30)16-8-5-4-6-9-16/h4-14,22,30H,1-3H3/t22-/m0/s1. The molecule has 0 radical (unpaired) electrons. The summed E-state index contributed by atoms with van der Waals surface area (Å²) in [6.45, 7) is 1.98. The lowest BCUT2D eigenvalue weighted by Crippen LogP contribution is -2.29. The molecule has 1 amide bonds. The number of aliphatic hydroxyl groups excluding tert-OH is 1. The molecule has 4 aromatic rings. The number of benzene rings is 3. The van der Waals surface area contributed by atoms with Gasteiger partial charge in [0.15, 0.2) is 16.6 Å². The van der Waals surface area contributed by atoms with Gasteiger partial charge < -0.3 is 14.6 Å². The number of carbonyl (C=O) groups is 2. The van der Waals surface area contributed by atoms with Gasteiger partial charge >= 0.3 is 5.91 Å². The smallest absolute Gasteiger partial charge is 0.301 e. The van der Waals surface area contributed by atoms with Crippen LogP contribution in [0.3, 0.4) is 0 Å². The average molecular weight is 487 g/mol. The molecule has 3 aromatic carbocycles. The van der Waals surface area contributed by atoms with Crippen LogP contribution in [-0.4, -0.2) is 36.0 Å². The molecule has 8 heteroatoms. The maximum Gasteiger partial charge on any atom is 0.301 e. The van der Waals surface area contributed by atoms with Crippen molar-refractivity contribution in [2.75, 3.05) is 19.1 Å². The third-order valence-corrected chi connectivity index (χ3v) is 6.98. The van der Waals surface area contributed by atoms with Gasteiger partial charge in [0.05, 0.1) is 30.0 Å². The summed E-state index contributed by atoms with van der Waals surface area (Å²) in [6.07, 6.45) is 0. The van der Waals surface area contributed by atoms with Crippen molar-refractivity contribution < 1.29 is 24.2 Å². The van der Waals surface area contributed by atoms with Crippen LogP contribution in [0.5, 0.6) is 11.5 Å². The van der Waals surface area contributed by atoms with Crippen LogP contribution in [0.1, 0.15) is 22.7 Å². The summed E-state index contributed by atoms with van der Waals surface area (Å²) < 4.78 is 12.0. The zero-order valence-electron chi connectivity index (χ0n) is 19.3. The molecule has 5 rings (SSSR count). The van der Waals surface area contributed by atoms with Crippen molar-refractivity contribution in [3.8, 4) is 11.5 Å². The van der Waals surface area contributed by atoms with E-state index in [9.17, 15) is 14.7 Å². The summed E-state index contributed by atoms with van der Waals surface area (Å²) in [7, 11) is 3.00. The number of rotatable bonds is 5. The molecule has 2 heterocycles. The van der Waals surface area contributed by atoms with Crippen molar-refractivity contribution in [1.29, 1.82) is 0 Å². The van der Waals surface area contributed by atoms with Crippen LogP contribution < -0.4 is 14.4 Å². The van der Waals surface area contributed by atoms with E-state index in [0.717, 1.165) is 15.8 Å². The van der Waals surface area contributed by atoms with Gasteiger partial charge in [-0.05, 0) is 30.7 Å². The molecule has 0 aliphatic carbocycles. The van der Waals surface area contributed by atoms with E-state index >= 15 is 0 Å². The number of Topliss-reactive ketones (excluding diaryl/α,β-unsaturated/α-hetero) is 1. The molecule has 1 fully saturated rings. The van der Waals surface area contributed by atoms with Gasteiger partial charge in [-0.25, -0.2) is 4.98 Å². The van der Waals surface area contributed by atoms with E-state index in [4.69, 9.17) is 9.47 Å². The number of aryl methyl sites for hydroxylation is 1. The number of fused-ring (bicyclic) bond motifs is 1. The Balaban J connectivity index is 1.79. The zero-order valence-corrected chi connectivity index (χ0v) is 20.1. The van der Waals surface area contributed by atoms with Gasteiger partial charge in [0.1, 0.15) is 11.8 Å². The minimum Gasteiger partial charge on any atom is -0.507 e. The Morgan fingerprint density at radius 1 is 1.00 bits per heavy atom. The number of anilines is 1.